The van der Waals surface area contributed by atoms with E-state index in [1.54, 1.807) is 7.11 Å². The fraction of sp³-hybridized carbons (Fsp3) is 0.524. The van der Waals surface area contributed by atoms with Gasteiger partial charge in [0, 0.05) is 31.7 Å². The first-order chi connectivity index (χ1) is 11.5. The van der Waals surface area contributed by atoms with Crippen LogP contribution in [0.1, 0.15) is 33.6 Å². The normalized spacial score (nSPS) is 26.2. The maximum Gasteiger partial charge on any atom is 2.00 e. The van der Waals surface area contributed by atoms with E-state index in [0.29, 0.717) is 12.1 Å². The molecule has 3 rings (SSSR count). The number of nitrogens with zero attached hydrogens (tertiary/aromatic N) is 1. The van der Waals surface area contributed by atoms with E-state index in [0.717, 1.165) is 13.2 Å². The molecule has 2 saturated carbocycles. The number of rotatable bonds is 5. The molecule has 1 heterocycles. The van der Waals surface area contributed by atoms with Crippen LogP contribution in [-0.2, 0) is 21.8 Å². The quantitative estimate of drug-likeness (QED) is 0.735. The molecule has 2 atom stereocenters. The van der Waals surface area contributed by atoms with Crippen molar-refractivity contribution < 1.29 is 21.8 Å². The third kappa shape index (κ3) is 7.89. The minimum atomic E-state index is 0. The first-order valence-corrected chi connectivity index (χ1v) is 8.92. The Balaban J connectivity index is 0.000000448. The summed E-state index contributed by atoms with van der Waals surface area (Å²) in [7, 11) is 1.79. The summed E-state index contributed by atoms with van der Waals surface area (Å²) in [6.07, 6.45) is 21.1. The van der Waals surface area contributed by atoms with Crippen molar-refractivity contribution in [1.29, 1.82) is 0 Å². The Morgan fingerprint density at radius 3 is 2.12 bits per heavy atom. The zero-order chi connectivity index (χ0) is 17.4. The Labute approximate surface area is 167 Å². The average Bonchev–Trinajstić information content (AvgIpc) is 3.28. The molecule has 0 bridgehead atoms. The van der Waals surface area contributed by atoms with E-state index in [9.17, 15) is 0 Å². The van der Waals surface area contributed by atoms with E-state index in [1.165, 1.54) is 18.8 Å². The van der Waals surface area contributed by atoms with Crippen LogP contribution in [0.5, 0.6) is 0 Å². The van der Waals surface area contributed by atoms with Crippen LogP contribution in [0.2, 0.25) is 0 Å². The number of hydrazine groups is 1. The van der Waals surface area contributed by atoms with Gasteiger partial charge in [-0.25, -0.2) is 5.01 Å². The Morgan fingerprint density at radius 1 is 1.08 bits per heavy atom. The van der Waals surface area contributed by atoms with Crippen molar-refractivity contribution in [3.63, 3.8) is 0 Å². The van der Waals surface area contributed by atoms with Crippen LogP contribution in [0.3, 0.4) is 0 Å². The zero-order valence-electron chi connectivity index (χ0n) is 15.9. The summed E-state index contributed by atoms with van der Waals surface area (Å²) in [5.41, 5.74) is 3.94. The van der Waals surface area contributed by atoms with Crippen molar-refractivity contribution in [2.45, 2.75) is 45.7 Å². The van der Waals surface area contributed by atoms with Crippen molar-refractivity contribution in [3.05, 3.63) is 63.7 Å². The molecule has 0 aromatic heterocycles. The van der Waals surface area contributed by atoms with Gasteiger partial charge in [0.25, 0.3) is 0 Å². The summed E-state index contributed by atoms with van der Waals surface area (Å²) in [6, 6.07) is 0.852. The van der Waals surface area contributed by atoms with Gasteiger partial charge in [-0.1, -0.05) is 20.8 Å². The van der Waals surface area contributed by atoms with Crippen molar-refractivity contribution in [3.8, 4) is 0 Å². The fourth-order valence-corrected chi connectivity index (χ4v) is 3.21. The minimum Gasteiger partial charge on any atom is -0.383 e. The summed E-state index contributed by atoms with van der Waals surface area (Å²) in [6.45, 7) is 8.80. The van der Waals surface area contributed by atoms with Gasteiger partial charge >= 0.3 is 17.1 Å². The van der Waals surface area contributed by atoms with Gasteiger partial charge in [-0.3, -0.25) is 5.43 Å². The molecule has 0 amide bonds. The third-order valence-corrected chi connectivity index (χ3v) is 4.47. The second-order valence-corrected chi connectivity index (χ2v) is 7.55. The largest absolute Gasteiger partial charge is 2.00 e. The molecule has 2 aliphatic carbocycles. The van der Waals surface area contributed by atoms with Crippen LogP contribution < -0.4 is 5.43 Å². The molecule has 138 valence electrons. The third-order valence-electron chi connectivity index (χ3n) is 4.47. The van der Waals surface area contributed by atoms with Crippen LogP contribution in [-0.4, -0.2) is 37.4 Å². The topological polar surface area (TPSA) is 24.5 Å². The molecule has 3 nitrogen and oxygen atoms in total. The second-order valence-electron chi connectivity index (χ2n) is 7.55. The number of nitrogens with one attached hydrogen (secondary N) is 1. The van der Waals surface area contributed by atoms with Crippen molar-refractivity contribution >= 4 is 0 Å². The van der Waals surface area contributed by atoms with E-state index >= 15 is 0 Å². The smallest absolute Gasteiger partial charge is 0.383 e. The number of hydrogen-bond acceptors (Lipinski definition) is 3. The van der Waals surface area contributed by atoms with Crippen molar-refractivity contribution in [2.24, 2.45) is 5.41 Å². The Hall–Kier alpha value is 0.399. The standard InChI is InChI=1S/C16H27N2O.C5H5.Fe/c1-16(2,3)15(13-8-5-6-9-13)17-18-11-7-10-14(18)12-19-4;1-2-4-5-3-1;/h5-6,8-9,14-15,17H,7,10-12H2,1-4H3;1-5H;/q;;+2/t14-,15-;;/m0../s1. The monoisotopic (exact) mass is 384 g/mol. The summed E-state index contributed by atoms with van der Waals surface area (Å²) in [4.78, 5) is 0. The number of hydrogen-bond donors (Lipinski definition) is 1. The van der Waals surface area contributed by atoms with E-state index in [2.05, 4.69) is 56.9 Å². The van der Waals surface area contributed by atoms with Crippen LogP contribution in [0.4, 0.5) is 0 Å². The van der Waals surface area contributed by atoms with Gasteiger partial charge in [0.2, 0.25) is 0 Å². The SMILES string of the molecule is COC[C@@H]1CCCN1N[C@@H]([C]1[CH][CH][CH][CH]1)C(C)(C)C.[CH]1[CH][CH][CH][CH]1.[Fe+2]. The summed E-state index contributed by atoms with van der Waals surface area (Å²) >= 11 is 0. The summed E-state index contributed by atoms with van der Waals surface area (Å²) < 4.78 is 5.33. The first-order valence-electron chi connectivity index (χ1n) is 8.92. The average molecular weight is 384 g/mol. The molecule has 4 heteroatoms. The first kappa shape index (κ1) is 23.4. The van der Waals surface area contributed by atoms with Crippen molar-refractivity contribution in [1.82, 2.24) is 10.4 Å². The van der Waals surface area contributed by atoms with Crippen molar-refractivity contribution in [2.75, 3.05) is 20.3 Å². The van der Waals surface area contributed by atoms with Crippen LogP contribution in [0.25, 0.3) is 0 Å². The Morgan fingerprint density at radius 2 is 1.64 bits per heavy atom. The van der Waals surface area contributed by atoms with Gasteiger partial charge in [-0.15, -0.1) is 0 Å². The predicted octanol–water partition coefficient (Wildman–Crippen LogP) is 3.44. The molecule has 0 aromatic rings. The molecular weight excluding hydrogens is 352 g/mol. The minimum absolute atomic E-state index is 0. The zero-order valence-corrected chi connectivity index (χ0v) is 17.0. The molecule has 25 heavy (non-hydrogen) atoms. The van der Waals surface area contributed by atoms with Gasteiger partial charge in [0.15, 0.2) is 0 Å². The van der Waals surface area contributed by atoms with E-state index in [1.807, 2.05) is 32.1 Å². The summed E-state index contributed by atoms with van der Waals surface area (Å²) in [5.74, 6) is 1.37. The van der Waals surface area contributed by atoms with Gasteiger partial charge in [-0.05, 0) is 76.0 Å². The molecule has 1 N–H and O–H groups in total. The number of methoxy groups -OCH3 is 1. The van der Waals surface area contributed by atoms with Gasteiger partial charge in [0.05, 0.1) is 6.61 Å². The molecule has 10 radical (unpaired) electrons. The van der Waals surface area contributed by atoms with E-state index in [-0.39, 0.29) is 22.5 Å². The molecule has 0 spiro atoms. The molecule has 1 saturated heterocycles. The maximum absolute atomic E-state index is 5.33. The number of ether oxygens (including phenoxy) is 1. The summed E-state index contributed by atoms with van der Waals surface area (Å²) in [5, 5.41) is 2.38. The molecule has 1 aliphatic heterocycles. The van der Waals surface area contributed by atoms with Crippen LogP contribution >= 0.6 is 0 Å². The molecular formula is C21H32FeN2O+2. The fourth-order valence-electron chi connectivity index (χ4n) is 3.21. The van der Waals surface area contributed by atoms with Gasteiger partial charge < -0.3 is 4.74 Å². The van der Waals surface area contributed by atoms with Crippen LogP contribution in [0, 0.1) is 69.1 Å². The molecule has 3 aliphatic rings. The Bertz CT molecular complexity index is 328. The van der Waals surface area contributed by atoms with Gasteiger partial charge in [-0.2, -0.15) is 0 Å². The van der Waals surface area contributed by atoms with E-state index in [4.69, 9.17) is 4.74 Å². The molecule has 0 aromatic carbocycles. The Kier molecular flexibility index (Phi) is 11.2. The maximum atomic E-state index is 5.33. The van der Waals surface area contributed by atoms with Gasteiger partial charge in [0.1, 0.15) is 0 Å². The second kappa shape index (κ2) is 12.0. The molecule has 3 fully saturated rings. The molecule has 0 unspecified atom stereocenters. The van der Waals surface area contributed by atoms with Crippen LogP contribution in [0.15, 0.2) is 0 Å². The predicted molar refractivity (Wildman–Crippen MR) is 99.9 cm³/mol. The van der Waals surface area contributed by atoms with E-state index < -0.39 is 0 Å².